The van der Waals surface area contributed by atoms with Gasteiger partial charge in [-0.25, -0.2) is 0 Å². The van der Waals surface area contributed by atoms with E-state index in [1.807, 2.05) is 29.2 Å². The van der Waals surface area contributed by atoms with Gasteiger partial charge in [0.15, 0.2) is 0 Å². The monoisotopic (exact) mass is 555 g/mol. The molecule has 0 unspecified atom stereocenters. The van der Waals surface area contributed by atoms with Crippen molar-refractivity contribution in [1.29, 1.82) is 5.26 Å². The molecule has 0 spiro atoms. The standard InChI is InChI=1S/C30H33N7O4/c1-3-28(39)37-14-13-36(18-21(37)10-11-31)27-17-26(33-30(34-27)41-19-22-8-6-12-35(22)2)29(40)32-25-16-23(38)15-20-7-4-5-9-24(20)25/h3-5,7,9,15-17,21-22,38H,1,6,8,10,12-14,18-19H2,2H3,(H,32,40)/t21-,22-/m0/s1. The van der Waals surface area contributed by atoms with Crippen LogP contribution < -0.4 is 15.0 Å². The number of aromatic nitrogens is 2. The fraction of sp³-hybridized carbons (Fsp3) is 0.367. The highest BCUT2D eigenvalue weighted by atomic mass is 16.5. The zero-order chi connectivity index (χ0) is 28.9. The Morgan fingerprint density at radius 2 is 2.02 bits per heavy atom. The first-order chi connectivity index (χ1) is 19.9. The molecule has 2 atom stereocenters. The zero-order valence-electron chi connectivity index (χ0n) is 23.0. The molecule has 11 nitrogen and oxygen atoms in total. The maximum Gasteiger partial charge on any atom is 0.319 e. The Balaban J connectivity index is 1.45. The predicted octanol–water partition coefficient (Wildman–Crippen LogP) is 3.18. The molecule has 2 aliphatic rings. The van der Waals surface area contributed by atoms with Crippen molar-refractivity contribution in [2.75, 3.05) is 50.1 Å². The highest BCUT2D eigenvalue weighted by Crippen LogP contribution is 2.30. The number of hydrogen-bond donors (Lipinski definition) is 2. The Hall–Kier alpha value is -4.69. The normalized spacial score (nSPS) is 19.1. The van der Waals surface area contributed by atoms with Gasteiger partial charge >= 0.3 is 6.01 Å². The first kappa shape index (κ1) is 27.9. The number of nitrogens with zero attached hydrogens (tertiary/aromatic N) is 6. The number of anilines is 2. The second-order valence-electron chi connectivity index (χ2n) is 10.3. The molecule has 0 aliphatic carbocycles. The lowest BCUT2D eigenvalue weighted by atomic mass is 10.1. The van der Waals surface area contributed by atoms with Crippen LogP contribution in [0.4, 0.5) is 11.5 Å². The summed E-state index contributed by atoms with van der Waals surface area (Å²) in [5.41, 5.74) is 0.546. The molecule has 2 aliphatic heterocycles. The number of aromatic hydroxyl groups is 1. The van der Waals surface area contributed by atoms with Crippen LogP contribution in [0.3, 0.4) is 0 Å². The van der Waals surface area contributed by atoms with Crippen molar-refractivity contribution in [3.8, 4) is 17.8 Å². The number of benzene rings is 2. The Morgan fingerprint density at radius 1 is 1.20 bits per heavy atom. The molecular weight excluding hydrogens is 522 g/mol. The Morgan fingerprint density at radius 3 is 2.78 bits per heavy atom. The minimum absolute atomic E-state index is 0.0301. The van der Waals surface area contributed by atoms with Gasteiger partial charge in [0.25, 0.3) is 5.91 Å². The van der Waals surface area contributed by atoms with Crippen molar-refractivity contribution in [3.63, 3.8) is 0 Å². The molecule has 2 saturated heterocycles. The van der Waals surface area contributed by atoms with Crippen LogP contribution in [0.1, 0.15) is 29.8 Å². The molecule has 0 saturated carbocycles. The molecule has 3 aromatic rings. The Bertz CT molecular complexity index is 1500. The summed E-state index contributed by atoms with van der Waals surface area (Å²) < 4.78 is 6.03. The third kappa shape index (κ3) is 6.23. The summed E-state index contributed by atoms with van der Waals surface area (Å²) in [7, 11) is 2.05. The van der Waals surface area contributed by atoms with E-state index >= 15 is 0 Å². The summed E-state index contributed by atoms with van der Waals surface area (Å²) in [4.78, 5) is 40.8. The largest absolute Gasteiger partial charge is 0.508 e. The molecule has 2 amide bonds. The molecule has 11 heteroatoms. The molecule has 0 bridgehead atoms. The molecule has 5 rings (SSSR count). The summed E-state index contributed by atoms with van der Waals surface area (Å²) in [6.45, 7) is 6.14. The van der Waals surface area contributed by atoms with Crippen LogP contribution in [0.15, 0.2) is 55.1 Å². The number of carbonyl (C=O) groups excluding carboxylic acids is 2. The van der Waals surface area contributed by atoms with Gasteiger partial charge in [0, 0.05) is 43.2 Å². The van der Waals surface area contributed by atoms with E-state index in [9.17, 15) is 20.0 Å². The number of ether oxygens (including phenoxy) is 1. The molecule has 0 radical (unpaired) electrons. The number of amides is 2. The van der Waals surface area contributed by atoms with E-state index in [0.29, 0.717) is 37.7 Å². The maximum atomic E-state index is 13.5. The highest BCUT2D eigenvalue weighted by Gasteiger charge is 2.31. The summed E-state index contributed by atoms with van der Waals surface area (Å²) in [6.07, 6.45) is 3.49. The molecule has 3 heterocycles. The minimum Gasteiger partial charge on any atom is -0.508 e. The lowest BCUT2D eigenvalue weighted by Gasteiger charge is -2.40. The molecular formula is C30H33N7O4. The second kappa shape index (κ2) is 12.2. The average molecular weight is 556 g/mol. The van der Waals surface area contributed by atoms with Gasteiger partial charge < -0.3 is 29.9 Å². The number of hydrogen-bond acceptors (Lipinski definition) is 9. The summed E-state index contributed by atoms with van der Waals surface area (Å²) >= 11 is 0. The number of piperazine rings is 1. The molecule has 41 heavy (non-hydrogen) atoms. The van der Waals surface area contributed by atoms with Crippen LogP contribution in [0.25, 0.3) is 10.8 Å². The van der Waals surface area contributed by atoms with Crippen molar-refractivity contribution in [2.45, 2.75) is 31.3 Å². The van der Waals surface area contributed by atoms with Crippen LogP contribution >= 0.6 is 0 Å². The molecule has 2 N–H and O–H groups in total. The number of carbonyl (C=O) groups is 2. The van der Waals surface area contributed by atoms with Crippen LogP contribution in [-0.4, -0.2) is 88.6 Å². The lowest BCUT2D eigenvalue weighted by Crippen LogP contribution is -2.55. The number of phenols is 1. The number of rotatable bonds is 8. The third-order valence-corrected chi connectivity index (χ3v) is 7.69. The molecule has 1 aromatic heterocycles. The SMILES string of the molecule is C=CC(=O)N1CCN(c2cc(C(=O)Nc3cc(O)cc4ccccc34)nc(OC[C@@H]3CCCN3C)n2)C[C@@H]1CC#N. The minimum atomic E-state index is -0.485. The number of phenolic OH excluding ortho intramolecular Hbond substituents is 1. The van der Waals surface area contributed by atoms with E-state index in [1.54, 1.807) is 17.0 Å². The van der Waals surface area contributed by atoms with Crippen LogP contribution in [0.2, 0.25) is 0 Å². The second-order valence-corrected chi connectivity index (χ2v) is 10.3. The predicted molar refractivity (Wildman–Crippen MR) is 155 cm³/mol. The number of likely N-dealkylation sites (tertiary alicyclic amines) is 1. The Kier molecular flexibility index (Phi) is 8.31. The van der Waals surface area contributed by atoms with Gasteiger partial charge in [0.1, 0.15) is 23.9 Å². The van der Waals surface area contributed by atoms with Gasteiger partial charge in [-0.3, -0.25) is 9.59 Å². The average Bonchev–Trinajstić information content (AvgIpc) is 3.39. The summed E-state index contributed by atoms with van der Waals surface area (Å²) in [5.74, 6) is -0.214. The van der Waals surface area contributed by atoms with Gasteiger partial charge in [-0.15, -0.1) is 0 Å². The van der Waals surface area contributed by atoms with Crippen LogP contribution in [0.5, 0.6) is 11.8 Å². The number of nitriles is 1. The van der Waals surface area contributed by atoms with E-state index in [0.717, 1.165) is 30.2 Å². The van der Waals surface area contributed by atoms with E-state index < -0.39 is 5.91 Å². The maximum absolute atomic E-state index is 13.5. The van der Waals surface area contributed by atoms with Gasteiger partial charge in [0.2, 0.25) is 5.91 Å². The zero-order valence-corrected chi connectivity index (χ0v) is 23.0. The topological polar surface area (TPSA) is 135 Å². The van der Waals surface area contributed by atoms with Crippen molar-refractivity contribution >= 4 is 34.1 Å². The van der Waals surface area contributed by atoms with E-state index in [1.165, 1.54) is 12.1 Å². The van der Waals surface area contributed by atoms with Crippen molar-refractivity contribution < 1.29 is 19.4 Å². The van der Waals surface area contributed by atoms with E-state index in [2.05, 4.69) is 39.9 Å². The lowest BCUT2D eigenvalue weighted by molar-refractivity contribution is -0.128. The number of nitrogens with one attached hydrogen (secondary N) is 1. The quantitative estimate of drug-likeness (QED) is 0.402. The van der Waals surface area contributed by atoms with Crippen molar-refractivity contribution in [2.24, 2.45) is 0 Å². The van der Waals surface area contributed by atoms with Crippen molar-refractivity contribution in [3.05, 3.63) is 60.8 Å². The summed E-state index contributed by atoms with van der Waals surface area (Å²) in [6, 6.07) is 14.3. The Labute approximate surface area is 238 Å². The fourth-order valence-electron chi connectivity index (χ4n) is 5.45. The first-order valence-corrected chi connectivity index (χ1v) is 13.7. The fourth-order valence-corrected chi connectivity index (χ4v) is 5.45. The van der Waals surface area contributed by atoms with Crippen LogP contribution in [0, 0.1) is 11.3 Å². The van der Waals surface area contributed by atoms with Crippen molar-refractivity contribution in [1.82, 2.24) is 19.8 Å². The van der Waals surface area contributed by atoms with Crippen LogP contribution in [-0.2, 0) is 4.79 Å². The molecule has 2 fully saturated rings. The van der Waals surface area contributed by atoms with Gasteiger partial charge in [-0.2, -0.15) is 15.2 Å². The molecule has 212 valence electrons. The summed E-state index contributed by atoms with van der Waals surface area (Å²) in [5, 5.41) is 24.1. The number of likely N-dealkylation sites (N-methyl/N-ethyl adjacent to an activating group) is 1. The highest BCUT2D eigenvalue weighted by molar-refractivity contribution is 6.09. The first-order valence-electron chi connectivity index (χ1n) is 13.7. The third-order valence-electron chi connectivity index (χ3n) is 7.69. The number of fused-ring (bicyclic) bond motifs is 1. The molecule has 2 aromatic carbocycles. The van der Waals surface area contributed by atoms with E-state index in [-0.39, 0.29) is 41.9 Å². The van der Waals surface area contributed by atoms with E-state index in [4.69, 9.17) is 4.74 Å². The van der Waals surface area contributed by atoms with Gasteiger partial charge in [-0.1, -0.05) is 30.8 Å². The van der Waals surface area contributed by atoms with Gasteiger partial charge in [-0.05, 0) is 44.0 Å². The van der Waals surface area contributed by atoms with Gasteiger partial charge in [0.05, 0.1) is 24.2 Å². The smallest absolute Gasteiger partial charge is 0.319 e.